The molecular formula is C16H13ClN2O2S. The summed E-state index contributed by atoms with van der Waals surface area (Å²) in [6, 6.07) is 14.5. The zero-order valence-corrected chi connectivity index (χ0v) is 13.4. The van der Waals surface area contributed by atoms with Gasteiger partial charge in [0.05, 0.1) is 22.9 Å². The molecule has 0 radical (unpaired) electrons. The summed E-state index contributed by atoms with van der Waals surface area (Å²) < 4.78 is 7.34. The first-order valence-corrected chi connectivity index (χ1v) is 7.82. The average molecular weight is 333 g/mol. The Morgan fingerprint density at radius 1 is 1.23 bits per heavy atom. The zero-order chi connectivity index (χ0) is 15.5. The van der Waals surface area contributed by atoms with Gasteiger partial charge in [0.2, 0.25) is 0 Å². The number of hydrogen-bond donors (Lipinski definition) is 0. The van der Waals surface area contributed by atoms with E-state index in [1.54, 1.807) is 13.2 Å². The molecule has 3 aromatic rings. The van der Waals surface area contributed by atoms with E-state index in [4.69, 9.17) is 16.3 Å². The van der Waals surface area contributed by atoms with Crippen LogP contribution in [0.25, 0.3) is 10.6 Å². The highest BCUT2D eigenvalue weighted by Gasteiger charge is 2.07. The standard InChI is InChI=1S/C16H13ClN2O2S/c1-21-12-4-2-3-11(9-12)10-19-16(20)8-5-13(18-19)14-6-7-15(17)22-14/h2-9H,10H2,1H3. The molecule has 2 aromatic heterocycles. The molecule has 0 aliphatic rings. The molecule has 0 aliphatic carbocycles. The molecule has 0 spiro atoms. The topological polar surface area (TPSA) is 44.1 Å². The van der Waals surface area contributed by atoms with Crippen LogP contribution in [0.5, 0.6) is 5.75 Å². The molecule has 3 rings (SSSR count). The van der Waals surface area contributed by atoms with Gasteiger partial charge in [0.15, 0.2) is 0 Å². The second-order valence-electron chi connectivity index (χ2n) is 4.67. The molecule has 0 amide bonds. The van der Waals surface area contributed by atoms with Crippen molar-refractivity contribution >= 4 is 22.9 Å². The van der Waals surface area contributed by atoms with Crippen molar-refractivity contribution < 1.29 is 4.74 Å². The Morgan fingerprint density at radius 3 is 2.82 bits per heavy atom. The highest BCUT2D eigenvalue weighted by molar-refractivity contribution is 7.19. The zero-order valence-electron chi connectivity index (χ0n) is 11.8. The number of rotatable bonds is 4. The summed E-state index contributed by atoms with van der Waals surface area (Å²) in [6.07, 6.45) is 0. The Bertz CT molecular complexity index is 857. The Balaban J connectivity index is 1.94. The number of methoxy groups -OCH3 is 1. The van der Waals surface area contributed by atoms with Gasteiger partial charge in [-0.05, 0) is 35.9 Å². The van der Waals surface area contributed by atoms with Crippen LogP contribution in [0, 0.1) is 0 Å². The largest absolute Gasteiger partial charge is 0.497 e. The fraction of sp³-hybridized carbons (Fsp3) is 0.125. The molecule has 22 heavy (non-hydrogen) atoms. The maximum atomic E-state index is 12.0. The van der Waals surface area contributed by atoms with Crippen molar-refractivity contribution in [1.82, 2.24) is 9.78 Å². The smallest absolute Gasteiger partial charge is 0.267 e. The van der Waals surface area contributed by atoms with E-state index in [1.807, 2.05) is 36.4 Å². The van der Waals surface area contributed by atoms with Gasteiger partial charge in [0, 0.05) is 6.07 Å². The lowest BCUT2D eigenvalue weighted by Gasteiger charge is -2.07. The molecule has 0 bridgehead atoms. The second kappa shape index (κ2) is 6.34. The molecule has 0 aliphatic heterocycles. The number of ether oxygens (including phenoxy) is 1. The first kappa shape index (κ1) is 14.8. The molecular weight excluding hydrogens is 320 g/mol. The van der Waals surface area contributed by atoms with Crippen LogP contribution >= 0.6 is 22.9 Å². The van der Waals surface area contributed by atoms with E-state index in [2.05, 4.69) is 5.10 Å². The van der Waals surface area contributed by atoms with Gasteiger partial charge in [-0.1, -0.05) is 23.7 Å². The molecule has 2 heterocycles. The normalized spacial score (nSPS) is 10.6. The van der Waals surface area contributed by atoms with Crippen LogP contribution in [-0.2, 0) is 6.54 Å². The van der Waals surface area contributed by atoms with Gasteiger partial charge < -0.3 is 4.74 Å². The maximum Gasteiger partial charge on any atom is 0.267 e. The van der Waals surface area contributed by atoms with Gasteiger partial charge in [-0.2, -0.15) is 5.10 Å². The van der Waals surface area contributed by atoms with Gasteiger partial charge in [-0.15, -0.1) is 11.3 Å². The molecule has 0 atom stereocenters. The number of aromatic nitrogens is 2. The minimum atomic E-state index is -0.144. The van der Waals surface area contributed by atoms with Crippen molar-refractivity contribution in [2.24, 2.45) is 0 Å². The van der Waals surface area contributed by atoms with Gasteiger partial charge in [-0.3, -0.25) is 4.79 Å². The summed E-state index contributed by atoms with van der Waals surface area (Å²) in [5.74, 6) is 0.756. The summed E-state index contributed by atoms with van der Waals surface area (Å²) in [7, 11) is 1.62. The van der Waals surface area contributed by atoms with Crippen LogP contribution in [0.3, 0.4) is 0 Å². The van der Waals surface area contributed by atoms with Gasteiger partial charge in [0.1, 0.15) is 11.4 Å². The third-order valence-electron chi connectivity index (χ3n) is 3.16. The van der Waals surface area contributed by atoms with Crippen LogP contribution in [0.15, 0.2) is 53.3 Å². The Morgan fingerprint density at radius 2 is 2.09 bits per heavy atom. The van der Waals surface area contributed by atoms with Gasteiger partial charge in [0.25, 0.3) is 5.56 Å². The Kier molecular flexibility index (Phi) is 4.27. The fourth-order valence-corrected chi connectivity index (χ4v) is 3.10. The summed E-state index contributed by atoms with van der Waals surface area (Å²) in [4.78, 5) is 12.9. The lowest BCUT2D eigenvalue weighted by Crippen LogP contribution is -2.22. The molecule has 6 heteroatoms. The summed E-state index contributed by atoms with van der Waals surface area (Å²) in [5, 5.41) is 4.42. The van der Waals surface area contributed by atoms with E-state index in [-0.39, 0.29) is 5.56 Å². The highest BCUT2D eigenvalue weighted by Crippen LogP contribution is 2.29. The van der Waals surface area contributed by atoms with Crippen LogP contribution in [0.4, 0.5) is 0 Å². The molecule has 112 valence electrons. The maximum absolute atomic E-state index is 12.0. The number of nitrogens with zero attached hydrogens (tertiary/aromatic N) is 2. The van der Waals surface area contributed by atoms with E-state index in [0.29, 0.717) is 10.9 Å². The van der Waals surface area contributed by atoms with Crippen molar-refractivity contribution in [1.29, 1.82) is 0 Å². The molecule has 4 nitrogen and oxygen atoms in total. The predicted molar refractivity (Wildman–Crippen MR) is 88.9 cm³/mol. The summed E-state index contributed by atoms with van der Waals surface area (Å²) in [5.41, 5.74) is 1.55. The van der Waals surface area contributed by atoms with E-state index in [0.717, 1.165) is 21.9 Å². The van der Waals surface area contributed by atoms with Crippen LogP contribution in [0.1, 0.15) is 5.56 Å². The molecule has 1 aromatic carbocycles. The number of benzene rings is 1. The van der Waals surface area contributed by atoms with E-state index >= 15 is 0 Å². The fourth-order valence-electron chi connectivity index (χ4n) is 2.09. The molecule has 0 saturated carbocycles. The third kappa shape index (κ3) is 3.21. The van der Waals surface area contributed by atoms with Crippen LogP contribution < -0.4 is 10.3 Å². The summed E-state index contributed by atoms with van der Waals surface area (Å²) in [6.45, 7) is 0.392. The van der Waals surface area contributed by atoms with Crippen molar-refractivity contribution in [2.75, 3.05) is 7.11 Å². The van der Waals surface area contributed by atoms with Crippen molar-refractivity contribution in [2.45, 2.75) is 6.54 Å². The molecule has 0 saturated heterocycles. The first-order chi connectivity index (χ1) is 10.7. The number of thiophene rings is 1. The molecule has 0 fully saturated rings. The number of halogens is 1. The van der Waals surface area contributed by atoms with E-state index < -0.39 is 0 Å². The van der Waals surface area contributed by atoms with E-state index in [1.165, 1.54) is 22.1 Å². The average Bonchev–Trinajstić information content (AvgIpc) is 2.96. The first-order valence-electron chi connectivity index (χ1n) is 6.62. The Hall–Kier alpha value is -2.11. The van der Waals surface area contributed by atoms with Gasteiger partial charge in [-0.25, -0.2) is 4.68 Å². The van der Waals surface area contributed by atoms with Crippen molar-refractivity contribution in [3.63, 3.8) is 0 Å². The summed E-state index contributed by atoms with van der Waals surface area (Å²) >= 11 is 7.39. The minimum absolute atomic E-state index is 0.144. The second-order valence-corrected chi connectivity index (χ2v) is 6.38. The quantitative estimate of drug-likeness (QED) is 0.732. The van der Waals surface area contributed by atoms with E-state index in [9.17, 15) is 4.79 Å². The lowest BCUT2D eigenvalue weighted by atomic mass is 10.2. The van der Waals surface area contributed by atoms with Crippen molar-refractivity contribution in [3.8, 4) is 16.3 Å². The third-order valence-corrected chi connectivity index (χ3v) is 4.41. The molecule has 0 N–H and O–H groups in total. The Labute approximate surface area is 136 Å². The SMILES string of the molecule is COc1cccc(Cn2nc(-c3ccc(Cl)s3)ccc2=O)c1. The van der Waals surface area contributed by atoms with Crippen LogP contribution in [0.2, 0.25) is 4.34 Å². The monoisotopic (exact) mass is 332 g/mol. The predicted octanol–water partition coefficient (Wildman–Crippen LogP) is 3.68. The highest BCUT2D eigenvalue weighted by atomic mass is 35.5. The minimum Gasteiger partial charge on any atom is -0.497 e. The van der Waals surface area contributed by atoms with Crippen molar-refractivity contribution in [3.05, 3.63) is 68.8 Å². The number of hydrogen-bond acceptors (Lipinski definition) is 4. The molecule has 0 unspecified atom stereocenters. The lowest BCUT2D eigenvalue weighted by molar-refractivity contribution is 0.414. The van der Waals surface area contributed by atoms with Gasteiger partial charge >= 0.3 is 0 Å². The van der Waals surface area contributed by atoms with Crippen LogP contribution in [-0.4, -0.2) is 16.9 Å².